The van der Waals surface area contributed by atoms with Crippen molar-refractivity contribution in [3.05, 3.63) is 28.3 Å². The second-order valence-corrected chi connectivity index (χ2v) is 1.96. The van der Waals surface area contributed by atoms with Gasteiger partial charge in [-0.15, -0.1) is 5.10 Å². The molecule has 0 aliphatic heterocycles. The summed E-state index contributed by atoms with van der Waals surface area (Å²) in [4.78, 5) is 2.60. The fourth-order valence-electron chi connectivity index (χ4n) is 0.645. The minimum atomic E-state index is 0.216. The standard InChI is InChI=1S/C6H7N5O/c1-12-6-3-2-5(9-10-6)4-8-11-7/h2-3H,4H2,1H3. The second kappa shape index (κ2) is 4.15. The highest BCUT2D eigenvalue weighted by atomic mass is 16.5. The molecular formula is C6H7N5O. The summed E-state index contributed by atoms with van der Waals surface area (Å²) in [6.07, 6.45) is 0. The van der Waals surface area contributed by atoms with Crippen molar-refractivity contribution in [3.63, 3.8) is 0 Å². The summed E-state index contributed by atoms with van der Waals surface area (Å²) in [5, 5.41) is 10.8. The number of rotatable bonds is 3. The van der Waals surface area contributed by atoms with Gasteiger partial charge in [-0.05, 0) is 11.6 Å². The zero-order valence-corrected chi connectivity index (χ0v) is 6.51. The van der Waals surface area contributed by atoms with Gasteiger partial charge in [0, 0.05) is 11.0 Å². The maximum absolute atomic E-state index is 8.01. The number of methoxy groups -OCH3 is 1. The zero-order valence-electron chi connectivity index (χ0n) is 6.51. The molecule has 1 rings (SSSR count). The normalized spacial score (nSPS) is 8.75. The minimum absolute atomic E-state index is 0.216. The number of aromatic nitrogens is 2. The molecule has 0 aliphatic rings. The molecule has 0 saturated heterocycles. The van der Waals surface area contributed by atoms with Crippen LogP contribution in [0.2, 0.25) is 0 Å². The van der Waals surface area contributed by atoms with Crippen LogP contribution in [-0.4, -0.2) is 17.3 Å². The average Bonchev–Trinajstić information content (AvgIpc) is 2.15. The van der Waals surface area contributed by atoms with Crippen molar-refractivity contribution >= 4 is 0 Å². The molecule has 0 unspecified atom stereocenters. The van der Waals surface area contributed by atoms with Crippen molar-refractivity contribution in [2.45, 2.75) is 6.54 Å². The molecule has 0 saturated carbocycles. The minimum Gasteiger partial charge on any atom is -0.480 e. The van der Waals surface area contributed by atoms with Crippen LogP contribution in [-0.2, 0) is 6.54 Å². The molecule has 1 heterocycles. The molecule has 1 aromatic heterocycles. The Kier molecular flexibility index (Phi) is 2.87. The monoisotopic (exact) mass is 165 g/mol. The third-order valence-electron chi connectivity index (χ3n) is 1.20. The SMILES string of the molecule is COc1ccc(CN=[N+]=[N-])nn1. The Hall–Kier alpha value is -1.81. The molecular weight excluding hydrogens is 158 g/mol. The Morgan fingerprint density at radius 1 is 1.58 bits per heavy atom. The highest BCUT2D eigenvalue weighted by Crippen LogP contribution is 2.03. The first-order chi connectivity index (χ1) is 5.86. The van der Waals surface area contributed by atoms with Crippen LogP contribution in [0.4, 0.5) is 0 Å². The molecule has 0 bridgehead atoms. The number of hydrogen-bond donors (Lipinski definition) is 0. The quantitative estimate of drug-likeness (QED) is 0.384. The van der Waals surface area contributed by atoms with E-state index in [9.17, 15) is 0 Å². The second-order valence-electron chi connectivity index (χ2n) is 1.96. The molecule has 0 N–H and O–H groups in total. The Bertz CT molecular complexity index is 289. The van der Waals surface area contributed by atoms with Crippen molar-refractivity contribution in [1.29, 1.82) is 0 Å². The van der Waals surface area contributed by atoms with Crippen molar-refractivity contribution < 1.29 is 4.74 Å². The van der Waals surface area contributed by atoms with Gasteiger partial charge in [0.1, 0.15) is 0 Å². The van der Waals surface area contributed by atoms with E-state index in [0.717, 1.165) is 0 Å². The Morgan fingerprint density at radius 3 is 2.92 bits per heavy atom. The van der Waals surface area contributed by atoms with Crippen molar-refractivity contribution in [2.24, 2.45) is 5.11 Å². The molecule has 0 aliphatic carbocycles. The third-order valence-corrected chi connectivity index (χ3v) is 1.20. The van der Waals surface area contributed by atoms with E-state index in [1.165, 1.54) is 7.11 Å². The predicted molar refractivity (Wildman–Crippen MR) is 41.4 cm³/mol. The topological polar surface area (TPSA) is 83.8 Å². The van der Waals surface area contributed by atoms with Crippen LogP contribution < -0.4 is 4.74 Å². The van der Waals surface area contributed by atoms with Crippen LogP contribution in [0.5, 0.6) is 5.88 Å². The summed E-state index contributed by atoms with van der Waals surface area (Å²) in [5.41, 5.74) is 8.63. The van der Waals surface area contributed by atoms with Gasteiger partial charge in [0.05, 0.1) is 19.3 Å². The molecule has 1 aromatic rings. The molecule has 0 spiro atoms. The van der Waals surface area contributed by atoms with Crippen LogP contribution >= 0.6 is 0 Å². The van der Waals surface area contributed by atoms with E-state index in [2.05, 4.69) is 20.2 Å². The Balaban J connectivity index is 2.70. The van der Waals surface area contributed by atoms with E-state index < -0.39 is 0 Å². The highest BCUT2D eigenvalue weighted by Gasteiger charge is 1.94. The lowest BCUT2D eigenvalue weighted by molar-refractivity contribution is 0.391. The van der Waals surface area contributed by atoms with Gasteiger partial charge in [-0.3, -0.25) is 0 Å². The van der Waals surface area contributed by atoms with Gasteiger partial charge in [-0.25, -0.2) is 0 Å². The van der Waals surface area contributed by atoms with Gasteiger partial charge in [0.15, 0.2) is 0 Å². The number of nitrogens with zero attached hydrogens (tertiary/aromatic N) is 5. The van der Waals surface area contributed by atoms with E-state index in [1.807, 2.05) is 0 Å². The van der Waals surface area contributed by atoms with E-state index in [1.54, 1.807) is 12.1 Å². The summed E-state index contributed by atoms with van der Waals surface area (Å²) < 4.78 is 4.80. The summed E-state index contributed by atoms with van der Waals surface area (Å²) in [6, 6.07) is 3.36. The van der Waals surface area contributed by atoms with Gasteiger partial charge in [0.25, 0.3) is 0 Å². The van der Waals surface area contributed by atoms with Crippen LogP contribution in [0.1, 0.15) is 5.69 Å². The smallest absolute Gasteiger partial charge is 0.233 e. The molecule has 12 heavy (non-hydrogen) atoms. The van der Waals surface area contributed by atoms with E-state index >= 15 is 0 Å². The van der Waals surface area contributed by atoms with Gasteiger partial charge < -0.3 is 4.74 Å². The Morgan fingerprint density at radius 2 is 2.42 bits per heavy atom. The van der Waals surface area contributed by atoms with Crippen LogP contribution in [0, 0.1) is 0 Å². The third kappa shape index (κ3) is 2.10. The molecule has 0 radical (unpaired) electrons. The summed E-state index contributed by atoms with van der Waals surface area (Å²) in [6.45, 7) is 0.216. The molecule has 0 aromatic carbocycles. The van der Waals surface area contributed by atoms with Crippen molar-refractivity contribution in [1.82, 2.24) is 10.2 Å². The maximum Gasteiger partial charge on any atom is 0.233 e. The summed E-state index contributed by atoms with van der Waals surface area (Å²) >= 11 is 0. The van der Waals surface area contributed by atoms with E-state index in [0.29, 0.717) is 11.6 Å². The molecule has 0 fully saturated rings. The fourth-order valence-corrected chi connectivity index (χ4v) is 0.645. The molecule has 6 heteroatoms. The summed E-state index contributed by atoms with van der Waals surface area (Å²) in [7, 11) is 1.51. The van der Waals surface area contributed by atoms with Gasteiger partial charge >= 0.3 is 0 Å². The number of azide groups is 1. The largest absolute Gasteiger partial charge is 0.480 e. The highest BCUT2D eigenvalue weighted by molar-refractivity contribution is 5.10. The van der Waals surface area contributed by atoms with Crippen molar-refractivity contribution in [2.75, 3.05) is 7.11 Å². The lowest BCUT2D eigenvalue weighted by atomic mass is 10.4. The average molecular weight is 165 g/mol. The van der Waals surface area contributed by atoms with Gasteiger partial charge in [-0.2, -0.15) is 5.10 Å². The predicted octanol–water partition coefficient (Wildman–Crippen LogP) is 1.30. The molecule has 6 nitrogen and oxygen atoms in total. The molecule has 0 amide bonds. The number of ether oxygens (including phenoxy) is 1. The van der Waals surface area contributed by atoms with Crippen molar-refractivity contribution in [3.8, 4) is 5.88 Å². The molecule has 62 valence electrons. The Labute approximate surface area is 68.8 Å². The first kappa shape index (κ1) is 8.29. The van der Waals surface area contributed by atoms with E-state index in [4.69, 9.17) is 10.3 Å². The fraction of sp³-hybridized carbons (Fsp3) is 0.333. The maximum atomic E-state index is 8.01. The van der Waals surface area contributed by atoms with E-state index in [-0.39, 0.29) is 6.54 Å². The van der Waals surface area contributed by atoms with Crippen LogP contribution in [0.3, 0.4) is 0 Å². The van der Waals surface area contributed by atoms with Gasteiger partial charge in [-0.1, -0.05) is 5.11 Å². The lowest BCUT2D eigenvalue weighted by Gasteiger charge is -1.96. The summed E-state index contributed by atoms with van der Waals surface area (Å²) in [5.74, 6) is 0.444. The first-order valence-corrected chi connectivity index (χ1v) is 3.24. The van der Waals surface area contributed by atoms with Crippen LogP contribution in [0.15, 0.2) is 17.2 Å². The van der Waals surface area contributed by atoms with Gasteiger partial charge in [0.2, 0.25) is 5.88 Å². The zero-order chi connectivity index (χ0) is 8.81. The lowest BCUT2D eigenvalue weighted by Crippen LogP contribution is -1.93. The number of hydrogen-bond acceptors (Lipinski definition) is 4. The van der Waals surface area contributed by atoms with Crippen LogP contribution in [0.25, 0.3) is 10.4 Å². The molecule has 0 atom stereocenters. The first-order valence-electron chi connectivity index (χ1n) is 3.24.